The molecule has 1 aromatic rings. The molecule has 28 heavy (non-hydrogen) atoms. The van der Waals surface area contributed by atoms with Crippen LogP contribution in [0.1, 0.15) is 50.5 Å². The second-order valence-electron chi connectivity index (χ2n) is 6.89. The van der Waals surface area contributed by atoms with Gasteiger partial charge in [-0.3, -0.25) is 14.4 Å². The highest BCUT2D eigenvalue weighted by atomic mass is 16.7. The van der Waals surface area contributed by atoms with Crippen LogP contribution >= 0.6 is 0 Å². The Morgan fingerprint density at radius 2 is 1.57 bits per heavy atom. The average molecular weight is 394 g/mol. The number of rotatable bonds is 5. The molecule has 0 aliphatic carbocycles. The number of aryl methyl sites for hydroxylation is 1. The second kappa shape index (κ2) is 9.16. The summed E-state index contributed by atoms with van der Waals surface area (Å²) in [4.78, 5) is 34.8. The number of carbonyl (C=O) groups is 3. The Hall–Kier alpha value is -2.45. The Bertz CT molecular complexity index is 744. The molecule has 8 nitrogen and oxygen atoms in total. The number of hydrogen-bond acceptors (Lipinski definition) is 8. The van der Waals surface area contributed by atoms with Crippen LogP contribution in [0.4, 0.5) is 0 Å². The number of esters is 3. The predicted molar refractivity (Wildman–Crippen MR) is 96.8 cm³/mol. The molecule has 154 valence electrons. The minimum absolute atomic E-state index is 0.141. The minimum Gasteiger partial charge on any atom is -0.458 e. The molecule has 0 amide bonds. The van der Waals surface area contributed by atoms with Crippen molar-refractivity contribution in [2.75, 3.05) is 0 Å². The fourth-order valence-corrected chi connectivity index (χ4v) is 3.33. The van der Waals surface area contributed by atoms with Gasteiger partial charge in [-0.05, 0) is 23.6 Å². The molecule has 8 heteroatoms. The van der Waals surface area contributed by atoms with Gasteiger partial charge >= 0.3 is 17.9 Å². The number of benzene rings is 1. The monoisotopic (exact) mass is 394 g/mol. The van der Waals surface area contributed by atoms with Crippen LogP contribution in [0, 0.1) is 12.8 Å². The van der Waals surface area contributed by atoms with Gasteiger partial charge in [-0.25, -0.2) is 0 Å². The predicted octanol–water partition coefficient (Wildman–Crippen LogP) is 1.95. The zero-order valence-electron chi connectivity index (χ0n) is 16.6. The molecule has 0 aromatic heterocycles. The highest BCUT2D eigenvalue weighted by Gasteiger charge is 2.50. The third kappa shape index (κ3) is 5.08. The number of aliphatic hydroxyl groups excluding tert-OH is 1. The van der Waals surface area contributed by atoms with E-state index in [0.29, 0.717) is 0 Å². The minimum atomic E-state index is -1.24. The van der Waals surface area contributed by atoms with Crippen LogP contribution in [-0.4, -0.2) is 41.5 Å². The van der Waals surface area contributed by atoms with E-state index in [-0.39, 0.29) is 6.61 Å². The lowest BCUT2D eigenvalue weighted by Crippen LogP contribution is -2.55. The van der Waals surface area contributed by atoms with Crippen LogP contribution in [0.2, 0.25) is 0 Å². The number of hydrogen-bond donors (Lipinski definition) is 1. The summed E-state index contributed by atoms with van der Waals surface area (Å²) >= 11 is 0. The Balaban J connectivity index is 2.46. The molecule has 1 fully saturated rings. The van der Waals surface area contributed by atoms with Gasteiger partial charge in [0.1, 0.15) is 0 Å². The van der Waals surface area contributed by atoms with Crippen LogP contribution in [0.3, 0.4) is 0 Å². The maximum absolute atomic E-state index is 11.7. The van der Waals surface area contributed by atoms with Gasteiger partial charge in [0.15, 0.2) is 6.10 Å². The van der Waals surface area contributed by atoms with Crippen LogP contribution in [0.15, 0.2) is 18.2 Å². The number of aliphatic hydroxyl groups is 1. The summed E-state index contributed by atoms with van der Waals surface area (Å²) in [5.74, 6) is -2.23. The first-order valence-corrected chi connectivity index (χ1v) is 9.01. The maximum atomic E-state index is 11.7. The van der Waals surface area contributed by atoms with Gasteiger partial charge in [-0.1, -0.05) is 25.1 Å². The van der Waals surface area contributed by atoms with E-state index in [1.807, 2.05) is 19.1 Å². The normalized spacial score (nSPS) is 27.0. The van der Waals surface area contributed by atoms with Gasteiger partial charge in [0.05, 0.1) is 12.7 Å². The summed E-state index contributed by atoms with van der Waals surface area (Å²) in [6.45, 7) is 7.19. The van der Waals surface area contributed by atoms with Crippen molar-refractivity contribution < 1.29 is 38.4 Å². The van der Waals surface area contributed by atoms with E-state index in [9.17, 15) is 19.5 Å². The summed E-state index contributed by atoms with van der Waals surface area (Å²) in [5.41, 5.74) is 2.36. The molecule has 0 spiro atoms. The Labute approximate surface area is 163 Å². The molecule has 1 unspecified atom stereocenters. The highest BCUT2D eigenvalue weighted by molar-refractivity contribution is 5.68. The van der Waals surface area contributed by atoms with Crippen molar-refractivity contribution in [1.29, 1.82) is 0 Å². The summed E-state index contributed by atoms with van der Waals surface area (Å²) < 4.78 is 21.9. The molecule has 1 aromatic carbocycles. The topological polar surface area (TPSA) is 108 Å². The average Bonchev–Trinajstić information content (AvgIpc) is 2.60. The maximum Gasteiger partial charge on any atom is 0.305 e. The second-order valence-corrected chi connectivity index (χ2v) is 6.89. The molecule has 1 heterocycles. The van der Waals surface area contributed by atoms with Crippen molar-refractivity contribution in [1.82, 2.24) is 0 Å². The van der Waals surface area contributed by atoms with E-state index in [2.05, 4.69) is 0 Å². The Kier molecular flexibility index (Phi) is 7.15. The van der Waals surface area contributed by atoms with E-state index in [4.69, 9.17) is 18.9 Å². The molecular formula is C20H26O8. The standard InChI is InChI=1S/C20H26O8/c1-10-6-7-15(8-16(10)9-21)17-11(2)18(25-12(3)22)19(26-13(4)23)20(28-17)27-14(5)24/h6-8,11,17-21H,9H2,1-5H3/t11-,17+,18+,19-,20?/m0/s1. The largest absolute Gasteiger partial charge is 0.458 e. The van der Waals surface area contributed by atoms with Crippen molar-refractivity contribution in [3.05, 3.63) is 34.9 Å². The van der Waals surface area contributed by atoms with Crippen LogP contribution in [0.5, 0.6) is 0 Å². The SMILES string of the molecule is CC(=O)OC1O[C@@H](c2ccc(C)c(CO)c2)[C@H](C)[C@@H](OC(C)=O)[C@@H]1OC(C)=O. The third-order valence-corrected chi connectivity index (χ3v) is 4.63. The van der Waals surface area contributed by atoms with E-state index >= 15 is 0 Å². The van der Waals surface area contributed by atoms with E-state index in [1.165, 1.54) is 20.8 Å². The van der Waals surface area contributed by atoms with Crippen LogP contribution < -0.4 is 0 Å². The zero-order valence-corrected chi connectivity index (χ0v) is 16.6. The lowest BCUT2D eigenvalue weighted by atomic mass is 9.85. The van der Waals surface area contributed by atoms with Gasteiger partial charge in [-0.2, -0.15) is 0 Å². The zero-order chi connectivity index (χ0) is 21.0. The summed E-state index contributed by atoms with van der Waals surface area (Å²) in [5, 5.41) is 9.55. The van der Waals surface area contributed by atoms with Gasteiger partial charge in [0.25, 0.3) is 0 Å². The first-order chi connectivity index (χ1) is 13.1. The smallest absolute Gasteiger partial charge is 0.305 e. The van der Waals surface area contributed by atoms with Crippen molar-refractivity contribution >= 4 is 17.9 Å². The van der Waals surface area contributed by atoms with Gasteiger partial charge in [0, 0.05) is 26.7 Å². The Morgan fingerprint density at radius 1 is 1.00 bits per heavy atom. The van der Waals surface area contributed by atoms with E-state index in [1.54, 1.807) is 13.0 Å². The fourth-order valence-electron chi connectivity index (χ4n) is 3.33. The third-order valence-electron chi connectivity index (χ3n) is 4.63. The van der Waals surface area contributed by atoms with Gasteiger partial charge < -0.3 is 24.1 Å². The number of carbonyl (C=O) groups excluding carboxylic acids is 3. The molecule has 0 radical (unpaired) electrons. The first kappa shape index (κ1) is 21.8. The molecule has 1 N–H and O–H groups in total. The van der Waals surface area contributed by atoms with Crippen molar-refractivity contribution in [3.63, 3.8) is 0 Å². The molecule has 1 aliphatic rings. The summed E-state index contributed by atoms with van der Waals surface area (Å²) in [6.07, 6.45) is -3.85. The Morgan fingerprint density at radius 3 is 2.11 bits per heavy atom. The van der Waals surface area contributed by atoms with Crippen molar-refractivity contribution in [2.45, 2.75) is 65.8 Å². The van der Waals surface area contributed by atoms with Crippen LogP contribution in [0.25, 0.3) is 0 Å². The summed E-state index contributed by atoms with van der Waals surface area (Å²) in [7, 11) is 0. The fraction of sp³-hybridized carbons (Fsp3) is 0.550. The first-order valence-electron chi connectivity index (χ1n) is 9.01. The number of ether oxygens (including phenoxy) is 4. The molecule has 1 aliphatic heterocycles. The van der Waals surface area contributed by atoms with Gasteiger partial charge in [-0.15, -0.1) is 0 Å². The molecule has 5 atom stereocenters. The van der Waals surface area contributed by atoms with E-state index < -0.39 is 48.4 Å². The highest BCUT2D eigenvalue weighted by Crippen LogP contribution is 2.40. The van der Waals surface area contributed by atoms with Gasteiger partial charge in [0.2, 0.25) is 12.4 Å². The lowest BCUT2D eigenvalue weighted by molar-refractivity contribution is -0.283. The lowest BCUT2D eigenvalue weighted by Gasteiger charge is -2.43. The molecular weight excluding hydrogens is 368 g/mol. The quantitative estimate of drug-likeness (QED) is 0.596. The molecule has 1 saturated heterocycles. The van der Waals surface area contributed by atoms with Crippen molar-refractivity contribution in [2.24, 2.45) is 5.92 Å². The van der Waals surface area contributed by atoms with E-state index in [0.717, 1.165) is 16.7 Å². The summed E-state index contributed by atoms with van der Waals surface area (Å²) in [6, 6.07) is 5.46. The molecule has 0 saturated carbocycles. The molecule has 0 bridgehead atoms. The van der Waals surface area contributed by atoms with Crippen molar-refractivity contribution in [3.8, 4) is 0 Å². The van der Waals surface area contributed by atoms with Crippen LogP contribution in [-0.2, 0) is 39.9 Å². The molecule has 2 rings (SSSR count).